The van der Waals surface area contributed by atoms with Crippen LogP contribution in [0, 0.1) is 11.8 Å². The van der Waals surface area contributed by atoms with E-state index in [9.17, 15) is 31.1 Å². The molecule has 1 N–H and O–H groups in total. The number of pyridine rings is 1. The molecule has 0 amide bonds. The van der Waals surface area contributed by atoms with E-state index in [2.05, 4.69) is 21.6 Å². The van der Waals surface area contributed by atoms with Gasteiger partial charge in [0.1, 0.15) is 11.5 Å². The van der Waals surface area contributed by atoms with Crippen molar-refractivity contribution in [2.24, 2.45) is 0 Å². The summed E-state index contributed by atoms with van der Waals surface area (Å²) in [5.74, 6) is 1.75. The van der Waals surface area contributed by atoms with Crippen molar-refractivity contribution in [2.45, 2.75) is 18.6 Å². The summed E-state index contributed by atoms with van der Waals surface area (Å²) in [4.78, 5) is 15.0. The smallest absolute Gasteiger partial charge is 0.478 e. The molecule has 0 aliphatic carbocycles. The molecule has 156 valence electrons. The Morgan fingerprint density at radius 1 is 1.10 bits per heavy atom. The van der Waals surface area contributed by atoms with Crippen LogP contribution in [0.3, 0.4) is 0 Å². The molecule has 0 saturated carbocycles. The molecule has 1 atom stereocenters. The second-order valence-electron chi connectivity index (χ2n) is 5.87. The van der Waals surface area contributed by atoms with Crippen LogP contribution in [0.15, 0.2) is 42.2 Å². The third-order valence-electron chi connectivity index (χ3n) is 3.72. The van der Waals surface area contributed by atoms with Gasteiger partial charge in [0.05, 0.1) is 11.1 Å². The van der Waals surface area contributed by atoms with Gasteiger partial charge in [-0.2, -0.15) is 13.2 Å². The Morgan fingerprint density at radius 2 is 1.77 bits per heavy atom. The highest BCUT2D eigenvalue weighted by Crippen LogP contribution is 2.41. The topological polar surface area (TPSA) is 68.7 Å². The highest BCUT2D eigenvalue weighted by Gasteiger charge is 2.49. The maximum atomic E-state index is 13.3. The number of alkyl halides is 6. The van der Waals surface area contributed by atoms with E-state index in [0.29, 0.717) is 11.6 Å². The minimum absolute atomic E-state index is 0.349. The van der Waals surface area contributed by atoms with Gasteiger partial charge in [0.15, 0.2) is 0 Å². The zero-order valence-corrected chi connectivity index (χ0v) is 14.5. The van der Waals surface area contributed by atoms with Crippen LogP contribution in [-0.4, -0.2) is 34.7 Å². The summed E-state index contributed by atoms with van der Waals surface area (Å²) < 4.78 is 86.4. The Balaban J connectivity index is 2.18. The zero-order valence-electron chi connectivity index (χ0n) is 14.5. The molecule has 3 rings (SSSR count). The van der Waals surface area contributed by atoms with Gasteiger partial charge in [-0.1, -0.05) is 11.8 Å². The van der Waals surface area contributed by atoms with Crippen LogP contribution in [0.1, 0.15) is 16.7 Å². The van der Waals surface area contributed by atoms with Crippen LogP contribution < -0.4 is 9.47 Å². The minimum Gasteiger partial charge on any atom is -0.478 e. The molecule has 2 heterocycles. The SMILES string of the molecule is O=C(O)C1=Cc2cc(OC(F)(F)F)cc(C#Cc3ccncc3)c2OC1C(F)(F)F. The van der Waals surface area contributed by atoms with E-state index in [1.54, 1.807) is 0 Å². The average Bonchev–Trinajstić information content (AvgIpc) is 2.63. The maximum absolute atomic E-state index is 13.3. The number of halogens is 6. The summed E-state index contributed by atoms with van der Waals surface area (Å²) in [6.07, 6.45) is -9.63. The molecule has 30 heavy (non-hydrogen) atoms. The lowest BCUT2D eigenvalue weighted by Crippen LogP contribution is -2.40. The number of benzene rings is 1. The first-order valence-electron chi connectivity index (χ1n) is 7.98. The summed E-state index contributed by atoms with van der Waals surface area (Å²) in [6, 6.07) is 4.41. The number of carboxylic acids is 1. The summed E-state index contributed by atoms with van der Waals surface area (Å²) >= 11 is 0. The molecule has 0 radical (unpaired) electrons. The lowest BCUT2D eigenvalue weighted by atomic mass is 9.98. The molecule has 1 unspecified atom stereocenters. The summed E-state index contributed by atoms with van der Waals surface area (Å²) in [5.41, 5.74) is -1.51. The van der Waals surface area contributed by atoms with Gasteiger partial charge in [-0.05, 0) is 30.3 Å². The molecule has 0 fully saturated rings. The average molecular weight is 429 g/mol. The Morgan fingerprint density at radius 3 is 2.33 bits per heavy atom. The summed E-state index contributed by atoms with van der Waals surface area (Å²) in [6.45, 7) is 0. The summed E-state index contributed by atoms with van der Waals surface area (Å²) in [5, 5.41) is 9.08. The largest absolute Gasteiger partial charge is 0.573 e. The van der Waals surface area contributed by atoms with Gasteiger partial charge in [0, 0.05) is 23.5 Å². The summed E-state index contributed by atoms with van der Waals surface area (Å²) in [7, 11) is 0. The number of carboxylic acid groups (broad SMARTS) is 1. The van der Waals surface area contributed by atoms with Crippen LogP contribution in [0.5, 0.6) is 11.5 Å². The van der Waals surface area contributed by atoms with Crippen molar-refractivity contribution in [3.05, 3.63) is 58.9 Å². The fourth-order valence-corrected chi connectivity index (χ4v) is 2.56. The third kappa shape index (κ3) is 4.83. The molecular weight excluding hydrogens is 420 g/mol. The fourth-order valence-electron chi connectivity index (χ4n) is 2.56. The van der Waals surface area contributed by atoms with Crippen molar-refractivity contribution in [1.29, 1.82) is 0 Å². The molecule has 1 aliphatic rings. The molecule has 0 spiro atoms. The van der Waals surface area contributed by atoms with Gasteiger partial charge >= 0.3 is 18.5 Å². The first kappa shape index (κ1) is 21.0. The van der Waals surface area contributed by atoms with Crippen LogP contribution in [0.4, 0.5) is 26.3 Å². The van der Waals surface area contributed by atoms with Crippen molar-refractivity contribution >= 4 is 12.0 Å². The number of rotatable bonds is 2. The Hall–Kier alpha value is -3.68. The lowest BCUT2D eigenvalue weighted by molar-refractivity contribution is -0.274. The van der Waals surface area contributed by atoms with Gasteiger partial charge in [0.2, 0.25) is 6.10 Å². The molecule has 1 aromatic heterocycles. The number of aliphatic carboxylic acids is 1. The predicted molar refractivity (Wildman–Crippen MR) is 89.4 cm³/mol. The van der Waals surface area contributed by atoms with Crippen molar-refractivity contribution in [3.63, 3.8) is 0 Å². The molecule has 0 saturated heterocycles. The second-order valence-corrected chi connectivity index (χ2v) is 5.87. The normalized spacial score (nSPS) is 15.8. The first-order chi connectivity index (χ1) is 13.9. The third-order valence-corrected chi connectivity index (χ3v) is 3.72. The monoisotopic (exact) mass is 429 g/mol. The molecule has 1 aliphatic heterocycles. The van der Waals surface area contributed by atoms with Crippen molar-refractivity contribution in [1.82, 2.24) is 4.98 Å². The fraction of sp³-hybridized carbons (Fsp3) is 0.158. The Bertz CT molecular complexity index is 1060. The number of fused-ring (bicyclic) bond motifs is 1. The molecule has 2 aromatic rings. The van der Waals surface area contributed by atoms with E-state index in [-0.39, 0.29) is 11.1 Å². The molecule has 1 aromatic carbocycles. The highest BCUT2D eigenvalue weighted by molar-refractivity contribution is 5.95. The van der Waals surface area contributed by atoms with E-state index in [1.807, 2.05) is 0 Å². The number of carbonyl (C=O) groups is 1. The molecular formula is C19H9F6NO4. The standard InChI is InChI=1S/C19H9F6NO4/c20-18(21,22)16-14(17(27)28)9-12-8-13(30-19(23,24)25)7-11(15(12)29-16)2-1-10-3-5-26-6-4-10/h3-9,16H,(H,27,28). The van der Waals surface area contributed by atoms with Crippen molar-refractivity contribution in [2.75, 3.05) is 0 Å². The van der Waals surface area contributed by atoms with Crippen LogP contribution >= 0.6 is 0 Å². The second kappa shape index (κ2) is 7.62. The zero-order chi connectivity index (χ0) is 22.1. The van der Waals surface area contributed by atoms with Gasteiger partial charge < -0.3 is 14.6 Å². The van der Waals surface area contributed by atoms with E-state index in [0.717, 1.165) is 12.1 Å². The van der Waals surface area contributed by atoms with E-state index < -0.39 is 41.7 Å². The quantitative estimate of drug-likeness (QED) is 0.574. The number of aromatic nitrogens is 1. The Kier molecular flexibility index (Phi) is 5.35. The Labute approximate surface area is 164 Å². The molecule has 0 bridgehead atoms. The number of nitrogens with zero attached hydrogens (tertiary/aromatic N) is 1. The van der Waals surface area contributed by atoms with Crippen LogP contribution in [0.2, 0.25) is 0 Å². The van der Waals surface area contributed by atoms with E-state index in [4.69, 9.17) is 9.84 Å². The van der Waals surface area contributed by atoms with E-state index in [1.165, 1.54) is 24.5 Å². The van der Waals surface area contributed by atoms with Crippen molar-refractivity contribution < 1.29 is 45.7 Å². The van der Waals surface area contributed by atoms with Crippen LogP contribution in [-0.2, 0) is 4.79 Å². The van der Waals surface area contributed by atoms with Crippen molar-refractivity contribution in [3.8, 4) is 23.3 Å². The van der Waals surface area contributed by atoms with Gasteiger partial charge in [-0.3, -0.25) is 4.98 Å². The van der Waals surface area contributed by atoms with Gasteiger partial charge in [-0.15, -0.1) is 13.2 Å². The molecule has 11 heteroatoms. The van der Waals surface area contributed by atoms with Crippen LogP contribution in [0.25, 0.3) is 6.08 Å². The lowest BCUT2D eigenvalue weighted by Gasteiger charge is -2.28. The number of hydrogen-bond acceptors (Lipinski definition) is 4. The molecule has 5 nitrogen and oxygen atoms in total. The highest BCUT2D eigenvalue weighted by atomic mass is 19.4. The van der Waals surface area contributed by atoms with E-state index >= 15 is 0 Å². The van der Waals surface area contributed by atoms with Gasteiger partial charge in [0.25, 0.3) is 0 Å². The number of ether oxygens (including phenoxy) is 2. The minimum atomic E-state index is -5.09. The number of hydrogen-bond donors (Lipinski definition) is 1. The maximum Gasteiger partial charge on any atom is 0.573 e. The predicted octanol–water partition coefficient (Wildman–Crippen LogP) is 4.17. The van der Waals surface area contributed by atoms with Gasteiger partial charge in [-0.25, -0.2) is 4.79 Å². The first-order valence-corrected chi connectivity index (χ1v) is 7.98.